The van der Waals surface area contributed by atoms with Crippen LogP contribution in [0, 0.1) is 0 Å². The second-order valence-corrected chi connectivity index (χ2v) is 4.74. The minimum Gasteiger partial charge on any atom is -0.389 e. The van der Waals surface area contributed by atoms with E-state index in [1.165, 1.54) is 11.1 Å². The van der Waals surface area contributed by atoms with E-state index in [9.17, 15) is 5.11 Å². The predicted molar refractivity (Wildman–Crippen MR) is 61.7 cm³/mol. The molecule has 0 heterocycles. The fourth-order valence-corrected chi connectivity index (χ4v) is 2.33. The Labute approximate surface area is 91.1 Å². The predicted octanol–water partition coefficient (Wildman–Crippen LogP) is 1.64. The Morgan fingerprint density at radius 1 is 1.27 bits per heavy atom. The molecule has 3 N–H and O–H groups in total. The maximum atomic E-state index is 10.1. The van der Waals surface area contributed by atoms with E-state index in [2.05, 4.69) is 31.2 Å². The van der Waals surface area contributed by atoms with Gasteiger partial charge in [0.15, 0.2) is 0 Å². The molecule has 0 aromatic heterocycles. The fourth-order valence-electron chi connectivity index (χ4n) is 2.33. The first-order valence-electron chi connectivity index (χ1n) is 5.67. The Morgan fingerprint density at radius 2 is 1.80 bits per heavy atom. The maximum Gasteiger partial charge on any atom is 0.0717 e. The summed E-state index contributed by atoms with van der Waals surface area (Å²) in [5.74, 6) is 0. The molecule has 0 radical (unpaired) electrons. The van der Waals surface area contributed by atoms with Crippen molar-refractivity contribution in [3.05, 3.63) is 35.4 Å². The zero-order valence-electron chi connectivity index (χ0n) is 9.24. The first-order valence-corrected chi connectivity index (χ1v) is 5.67. The Bertz CT molecular complexity index is 325. The van der Waals surface area contributed by atoms with Gasteiger partial charge in [-0.05, 0) is 30.4 Å². The van der Waals surface area contributed by atoms with E-state index in [4.69, 9.17) is 5.73 Å². The summed E-state index contributed by atoms with van der Waals surface area (Å²) < 4.78 is 0. The van der Waals surface area contributed by atoms with Crippen LogP contribution < -0.4 is 5.73 Å². The van der Waals surface area contributed by atoms with Crippen molar-refractivity contribution in [1.82, 2.24) is 0 Å². The minimum atomic E-state index is -0.535. The highest BCUT2D eigenvalue weighted by Crippen LogP contribution is 2.33. The summed E-state index contributed by atoms with van der Waals surface area (Å²) in [6.07, 6.45) is 3.28. The summed E-state index contributed by atoms with van der Waals surface area (Å²) in [5.41, 5.74) is 7.71. The van der Waals surface area contributed by atoms with Crippen LogP contribution in [-0.4, -0.2) is 16.7 Å². The highest BCUT2D eigenvalue weighted by molar-refractivity contribution is 5.24. The molecule has 0 bridgehead atoms. The van der Waals surface area contributed by atoms with Crippen molar-refractivity contribution < 1.29 is 5.11 Å². The molecule has 1 aliphatic rings. The third-order valence-corrected chi connectivity index (χ3v) is 3.25. The zero-order chi connectivity index (χ0) is 10.9. The van der Waals surface area contributed by atoms with Crippen LogP contribution in [0.1, 0.15) is 30.9 Å². The summed E-state index contributed by atoms with van der Waals surface area (Å²) in [4.78, 5) is 0. The summed E-state index contributed by atoms with van der Waals surface area (Å²) in [5, 5.41) is 10.1. The van der Waals surface area contributed by atoms with E-state index >= 15 is 0 Å². The topological polar surface area (TPSA) is 46.2 Å². The third-order valence-electron chi connectivity index (χ3n) is 3.25. The van der Waals surface area contributed by atoms with Crippen LogP contribution in [0.4, 0.5) is 0 Å². The molecule has 0 aliphatic heterocycles. The highest BCUT2D eigenvalue weighted by Gasteiger charge is 2.40. The van der Waals surface area contributed by atoms with Gasteiger partial charge in [0.05, 0.1) is 5.60 Å². The first-order chi connectivity index (χ1) is 7.11. The monoisotopic (exact) mass is 205 g/mol. The van der Waals surface area contributed by atoms with Gasteiger partial charge >= 0.3 is 0 Å². The highest BCUT2D eigenvalue weighted by atomic mass is 16.3. The number of aliphatic hydroxyl groups is 1. The van der Waals surface area contributed by atoms with Gasteiger partial charge in [0, 0.05) is 12.5 Å². The number of nitrogens with two attached hydrogens (primary N) is 1. The standard InChI is InChI=1S/C13H19NO/c1-2-10-3-5-11(6-4-10)7-13(15)8-12(14)9-13/h3-6,12,15H,2,7-9,14H2,1H3. The van der Waals surface area contributed by atoms with Crippen molar-refractivity contribution in [2.45, 2.75) is 44.2 Å². The van der Waals surface area contributed by atoms with Crippen LogP contribution >= 0.6 is 0 Å². The molecule has 0 spiro atoms. The van der Waals surface area contributed by atoms with Crippen molar-refractivity contribution in [1.29, 1.82) is 0 Å². The molecular formula is C13H19NO. The largest absolute Gasteiger partial charge is 0.389 e. The first kappa shape index (κ1) is 10.7. The summed E-state index contributed by atoms with van der Waals surface area (Å²) >= 11 is 0. The lowest BCUT2D eigenvalue weighted by atomic mass is 9.72. The lowest BCUT2D eigenvalue weighted by Crippen LogP contribution is -2.52. The Hall–Kier alpha value is -0.860. The van der Waals surface area contributed by atoms with Crippen molar-refractivity contribution in [3.63, 3.8) is 0 Å². The molecule has 1 aliphatic carbocycles. The normalized spacial score (nSPS) is 29.9. The molecule has 0 atom stereocenters. The third kappa shape index (κ3) is 2.39. The summed E-state index contributed by atoms with van der Waals surface area (Å²) in [6.45, 7) is 2.15. The molecule has 2 nitrogen and oxygen atoms in total. The SMILES string of the molecule is CCc1ccc(CC2(O)CC(N)C2)cc1. The maximum absolute atomic E-state index is 10.1. The van der Waals surface area contributed by atoms with Gasteiger partial charge in [-0.15, -0.1) is 0 Å². The van der Waals surface area contributed by atoms with Crippen LogP contribution in [0.25, 0.3) is 0 Å². The van der Waals surface area contributed by atoms with Gasteiger partial charge in [0.2, 0.25) is 0 Å². The van der Waals surface area contributed by atoms with E-state index in [0.29, 0.717) is 0 Å². The number of benzene rings is 1. The molecule has 0 amide bonds. The van der Waals surface area contributed by atoms with Gasteiger partial charge in [-0.1, -0.05) is 31.2 Å². The Kier molecular flexibility index (Phi) is 2.81. The molecular weight excluding hydrogens is 186 g/mol. The molecule has 1 saturated carbocycles. The molecule has 2 rings (SSSR count). The molecule has 15 heavy (non-hydrogen) atoms. The van der Waals surface area contributed by atoms with Gasteiger partial charge < -0.3 is 10.8 Å². The minimum absolute atomic E-state index is 0.199. The van der Waals surface area contributed by atoms with Gasteiger partial charge in [0.1, 0.15) is 0 Å². The smallest absolute Gasteiger partial charge is 0.0717 e. The summed E-state index contributed by atoms with van der Waals surface area (Å²) in [6, 6.07) is 8.69. The van der Waals surface area contributed by atoms with Crippen LogP contribution in [0.3, 0.4) is 0 Å². The van der Waals surface area contributed by atoms with Crippen LogP contribution in [0.15, 0.2) is 24.3 Å². The quantitative estimate of drug-likeness (QED) is 0.788. The Balaban J connectivity index is 1.99. The zero-order valence-corrected chi connectivity index (χ0v) is 9.24. The van der Waals surface area contributed by atoms with Crippen LogP contribution in [0.5, 0.6) is 0 Å². The number of hydrogen-bond donors (Lipinski definition) is 2. The van der Waals surface area contributed by atoms with E-state index < -0.39 is 5.60 Å². The van der Waals surface area contributed by atoms with Crippen molar-refractivity contribution in [3.8, 4) is 0 Å². The van der Waals surface area contributed by atoms with Gasteiger partial charge in [0.25, 0.3) is 0 Å². The Morgan fingerprint density at radius 3 is 2.27 bits per heavy atom. The van der Waals surface area contributed by atoms with Crippen LogP contribution in [0.2, 0.25) is 0 Å². The van der Waals surface area contributed by atoms with Crippen LogP contribution in [-0.2, 0) is 12.8 Å². The summed E-state index contributed by atoms with van der Waals surface area (Å²) in [7, 11) is 0. The number of aryl methyl sites for hydroxylation is 1. The molecule has 2 heteroatoms. The fraction of sp³-hybridized carbons (Fsp3) is 0.538. The molecule has 0 unspecified atom stereocenters. The second-order valence-electron chi connectivity index (χ2n) is 4.74. The number of hydrogen-bond acceptors (Lipinski definition) is 2. The molecule has 0 saturated heterocycles. The van der Waals surface area contributed by atoms with E-state index in [-0.39, 0.29) is 6.04 Å². The molecule has 1 aromatic carbocycles. The van der Waals surface area contributed by atoms with Gasteiger partial charge in [-0.3, -0.25) is 0 Å². The lowest BCUT2D eigenvalue weighted by molar-refractivity contribution is -0.0455. The van der Waals surface area contributed by atoms with Gasteiger partial charge in [-0.25, -0.2) is 0 Å². The van der Waals surface area contributed by atoms with E-state index in [0.717, 1.165) is 25.7 Å². The average Bonchev–Trinajstić information content (AvgIpc) is 2.17. The molecule has 82 valence electrons. The second kappa shape index (κ2) is 3.95. The molecule has 1 fully saturated rings. The van der Waals surface area contributed by atoms with Crippen molar-refractivity contribution in [2.75, 3.05) is 0 Å². The van der Waals surface area contributed by atoms with E-state index in [1.807, 2.05) is 0 Å². The lowest BCUT2D eigenvalue weighted by Gasteiger charge is -2.42. The average molecular weight is 205 g/mol. The van der Waals surface area contributed by atoms with Gasteiger partial charge in [-0.2, -0.15) is 0 Å². The van der Waals surface area contributed by atoms with Crippen molar-refractivity contribution >= 4 is 0 Å². The molecule has 1 aromatic rings. The number of rotatable bonds is 3. The van der Waals surface area contributed by atoms with Crippen molar-refractivity contribution in [2.24, 2.45) is 5.73 Å². The van der Waals surface area contributed by atoms with E-state index in [1.54, 1.807) is 0 Å².